The smallest absolute Gasteiger partial charge is 0.264 e. The Morgan fingerprint density at radius 1 is 0.775 bits per heavy atom. The van der Waals surface area contributed by atoms with Gasteiger partial charge in [0.15, 0.2) is 0 Å². The highest BCUT2D eigenvalue weighted by atomic mass is 16.6. The molecule has 3 aliphatic rings. The minimum absolute atomic E-state index is 0.00371. The number of ether oxygens (including phenoxy) is 5. The van der Waals surface area contributed by atoms with Crippen molar-refractivity contribution < 1.29 is 47.7 Å². The number of allylic oxidation sites excluding steroid dienone is 2. The Bertz CT molecular complexity index is 3060. The number of aryl methyl sites for hydroxylation is 1. The number of aromatic nitrogens is 2. The van der Waals surface area contributed by atoms with Crippen LogP contribution in [0.4, 0.5) is 11.5 Å². The molecule has 2 aromatic heterocycles. The van der Waals surface area contributed by atoms with Gasteiger partial charge in [-0.25, -0.2) is 4.98 Å². The second kappa shape index (κ2) is 29.0. The van der Waals surface area contributed by atoms with E-state index in [4.69, 9.17) is 33.7 Å². The molecule has 0 radical (unpaired) electrons. The molecular formula is C63H73N7O10. The van der Waals surface area contributed by atoms with Crippen LogP contribution in [0.3, 0.4) is 0 Å². The summed E-state index contributed by atoms with van der Waals surface area (Å²) in [6.07, 6.45) is 13.5. The van der Waals surface area contributed by atoms with Crippen LogP contribution in [0.15, 0.2) is 114 Å². The minimum atomic E-state index is -1.10. The fraction of sp³-hybridized carbons (Fsp3) is 0.397. The SMILES string of the molecule is CCCOc1ccccc1C1C=NC(c2cnc(-c3ccc(NCCOCCOCCOCCOCCC(=O)Nc4cccc5c4C(=O)N(C4CCC(=O)NC4=O)C5=O)nc3)c(C)c2)=C(/C=C/c2ccc(C(CC)CC)cc2)C1C. The average Bonchev–Trinajstić information content (AvgIpc) is 3.75. The molecule has 3 N–H and O–H groups in total. The number of benzene rings is 3. The molecule has 17 nitrogen and oxygen atoms in total. The lowest BCUT2D eigenvalue weighted by Crippen LogP contribution is -2.54. The zero-order chi connectivity index (χ0) is 56.4. The van der Waals surface area contributed by atoms with Crippen molar-refractivity contribution in [2.24, 2.45) is 10.9 Å². The Morgan fingerprint density at radius 2 is 1.49 bits per heavy atom. The van der Waals surface area contributed by atoms with Gasteiger partial charge in [0.05, 0.1) is 94.1 Å². The van der Waals surface area contributed by atoms with E-state index in [9.17, 15) is 24.0 Å². The number of amides is 5. The number of anilines is 2. The van der Waals surface area contributed by atoms with Crippen LogP contribution in [-0.4, -0.2) is 123 Å². The fourth-order valence-corrected chi connectivity index (χ4v) is 10.2. The molecule has 80 heavy (non-hydrogen) atoms. The van der Waals surface area contributed by atoms with Gasteiger partial charge in [0.1, 0.15) is 17.6 Å². The molecule has 0 spiro atoms. The van der Waals surface area contributed by atoms with Crippen molar-refractivity contribution in [3.05, 3.63) is 148 Å². The summed E-state index contributed by atoms with van der Waals surface area (Å²) in [6.45, 7) is 14.9. The zero-order valence-corrected chi connectivity index (χ0v) is 46.5. The number of fused-ring (bicyclic) bond motifs is 1. The number of piperidine rings is 1. The predicted molar refractivity (Wildman–Crippen MR) is 309 cm³/mol. The Balaban J connectivity index is 0.727. The molecule has 0 saturated carbocycles. The first-order chi connectivity index (χ1) is 39.0. The number of nitrogens with one attached hydrogen (secondary N) is 3. The fourth-order valence-electron chi connectivity index (χ4n) is 10.2. The van der Waals surface area contributed by atoms with E-state index < -0.39 is 35.6 Å². The van der Waals surface area contributed by atoms with Gasteiger partial charge in [0, 0.05) is 54.2 Å². The summed E-state index contributed by atoms with van der Waals surface area (Å²) in [5.41, 5.74) is 9.72. The third kappa shape index (κ3) is 14.7. The second-order valence-electron chi connectivity index (χ2n) is 20.0. The molecule has 1 fully saturated rings. The molecule has 0 aliphatic carbocycles. The van der Waals surface area contributed by atoms with Gasteiger partial charge in [0.2, 0.25) is 17.7 Å². The summed E-state index contributed by atoms with van der Waals surface area (Å²) in [4.78, 5) is 78.7. The van der Waals surface area contributed by atoms with Crippen molar-refractivity contribution in [2.75, 3.05) is 76.6 Å². The van der Waals surface area contributed by atoms with Crippen molar-refractivity contribution in [3.8, 4) is 17.0 Å². The lowest BCUT2D eigenvalue weighted by Gasteiger charge is -2.29. The second-order valence-corrected chi connectivity index (χ2v) is 20.0. The molecule has 17 heteroatoms. The summed E-state index contributed by atoms with van der Waals surface area (Å²) in [6, 6.07) is 26.8. The summed E-state index contributed by atoms with van der Waals surface area (Å²) in [5, 5.41) is 8.16. The van der Waals surface area contributed by atoms with Gasteiger partial charge in [-0.05, 0) is 103 Å². The van der Waals surface area contributed by atoms with E-state index in [1.807, 2.05) is 30.6 Å². The number of hydrogen-bond acceptors (Lipinski definition) is 14. The highest BCUT2D eigenvalue weighted by Crippen LogP contribution is 2.42. The number of hydrogen-bond donors (Lipinski definition) is 3. The van der Waals surface area contributed by atoms with E-state index in [1.165, 1.54) is 17.7 Å². The standard InChI is InChI=1S/C63H73N7O10/c1-6-28-80-54-15-10-9-12-49(54)51-40-67-60(48(42(51)5)22-18-43-16-19-45(20-17-43)44(7-2)8-3)47-37-41(4)59(66-39-47)46-21-24-55(65-38-46)64-27-30-77-32-34-79-36-35-78-33-31-76-29-26-57(72)68-52-14-11-13-50-58(52)63(75)70(62(50)74)53-23-25-56(71)69-61(53)73/h9-22,24,37-40,42,44,51,53H,6-8,23,25-36H2,1-5H3,(H,64,65)(H,68,72)(H,69,71,73)/b22-18+. The highest BCUT2D eigenvalue weighted by molar-refractivity contribution is 6.26. The van der Waals surface area contributed by atoms with E-state index in [0.29, 0.717) is 58.7 Å². The number of nitrogens with zero attached hydrogens (tertiary/aromatic N) is 4. The molecule has 3 unspecified atom stereocenters. The number of imide groups is 2. The molecule has 5 heterocycles. The summed E-state index contributed by atoms with van der Waals surface area (Å²) in [7, 11) is 0. The van der Waals surface area contributed by atoms with Crippen LogP contribution in [0.25, 0.3) is 23.0 Å². The van der Waals surface area contributed by atoms with Crippen LogP contribution in [0.5, 0.6) is 5.75 Å². The van der Waals surface area contributed by atoms with Crippen LogP contribution in [0.1, 0.15) is 127 Å². The van der Waals surface area contributed by atoms with Crippen LogP contribution < -0.4 is 20.7 Å². The lowest BCUT2D eigenvalue weighted by molar-refractivity contribution is -0.136. The number of pyridine rings is 2. The van der Waals surface area contributed by atoms with Crippen molar-refractivity contribution in [1.29, 1.82) is 0 Å². The van der Waals surface area contributed by atoms with Crippen LogP contribution in [0, 0.1) is 12.8 Å². The maximum atomic E-state index is 13.3. The molecule has 5 amide bonds. The van der Waals surface area contributed by atoms with E-state index in [-0.39, 0.29) is 61.1 Å². The van der Waals surface area contributed by atoms with Crippen molar-refractivity contribution in [3.63, 3.8) is 0 Å². The van der Waals surface area contributed by atoms with Gasteiger partial charge >= 0.3 is 0 Å². The van der Waals surface area contributed by atoms with Gasteiger partial charge in [-0.2, -0.15) is 0 Å². The number of rotatable bonds is 29. The van der Waals surface area contributed by atoms with E-state index in [2.05, 4.69) is 122 Å². The average molecular weight is 1090 g/mol. The Hall–Kier alpha value is -7.70. The predicted octanol–water partition coefficient (Wildman–Crippen LogP) is 9.98. The Morgan fingerprint density at radius 3 is 2.17 bits per heavy atom. The Labute approximate surface area is 468 Å². The lowest BCUT2D eigenvalue weighted by atomic mass is 9.79. The summed E-state index contributed by atoms with van der Waals surface area (Å²) < 4.78 is 28.7. The summed E-state index contributed by atoms with van der Waals surface area (Å²) >= 11 is 0. The van der Waals surface area contributed by atoms with E-state index >= 15 is 0 Å². The monoisotopic (exact) mass is 1090 g/mol. The van der Waals surface area contributed by atoms with Crippen molar-refractivity contribution >= 4 is 59.0 Å². The molecule has 1 saturated heterocycles. The van der Waals surface area contributed by atoms with Crippen molar-refractivity contribution in [2.45, 2.75) is 91.0 Å². The first-order valence-corrected chi connectivity index (χ1v) is 27.9. The molecule has 420 valence electrons. The molecule has 5 aromatic rings. The normalized spacial score (nSPS) is 17.2. The van der Waals surface area contributed by atoms with Gasteiger partial charge in [0.25, 0.3) is 11.8 Å². The maximum Gasteiger partial charge on any atom is 0.264 e. The first-order valence-electron chi connectivity index (χ1n) is 27.9. The molecule has 8 rings (SSSR count). The topological polar surface area (TPSA) is 209 Å². The van der Waals surface area contributed by atoms with Gasteiger partial charge in [-0.3, -0.25) is 44.2 Å². The molecule has 3 aliphatic heterocycles. The number of para-hydroxylation sites is 1. The quantitative estimate of drug-likeness (QED) is 0.0301. The minimum Gasteiger partial charge on any atom is -0.493 e. The highest BCUT2D eigenvalue weighted by Gasteiger charge is 2.46. The molecule has 3 aromatic carbocycles. The third-order valence-electron chi connectivity index (χ3n) is 14.5. The van der Waals surface area contributed by atoms with Crippen LogP contribution in [-0.2, 0) is 33.3 Å². The largest absolute Gasteiger partial charge is 0.493 e. The van der Waals surface area contributed by atoms with Crippen LogP contribution >= 0.6 is 0 Å². The van der Waals surface area contributed by atoms with Gasteiger partial charge in [-0.15, -0.1) is 0 Å². The first kappa shape index (κ1) is 58.4. The molecular weight excluding hydrogens is 1010 g/mol. The van der Waals surface area contributed by atoms with Gasteiger partial charge < -0.3 is 34.3 Å². The molecule has 3 atom stereocenters. The van der Waals surface area contributed by atoms with E-state index in [1.54, 1.807) is 6.07 Å². The summed E-state index contributed by atoms with van der Waals surface area (Å²) in [5.74, 6) is -0.588. The third-order valence-corrected chi connectivity index (χ3v) is 14.5. The van der Waals surface area contributed by atoms with E-state index in [0.717, 1.165) is 80.5 Å². The number of carbonyl (C=O) groups is 5. The van der Waals surface area contributed by atoms with Gasteiger partial charge in [-0.1, -0.05) is 88.4 Å². The maximum absolute atomic E-state index is 13.3. The zero-order valence-electron chi connectivity index (χ0n) is 46.5. The Kier molecular flexibility index (Phi) is 21.2. The van der Waals surface area contributed by atoms with Crippen molar-refractivity contribution in [1.82, 2.24) is 20.2 Å². The number of carbonyl (C=O) groups excluding carboxylic acids is 5. The van der Waals surface area contributed by atoms with Crippen LogP contribution in [0.2, 0.25) is 0 Å². The number of aliphatic imine (C=N–C) groups is 1. The molecule has 0 bridgehead atoms.